The Labute approximate surface area is 130 Å². The largest absolute Gasteiger partial charge is 0.478 e. The van der Waals surface area contributed by atoms with Gasteiger partial charge in [0.1, 0.15) is 5.60 Å². The molecule has 0 aliphatic carbocycles. The average molecular weight is 315 g/mol. The van der Waals surface area contributed by atoms with Crippen LogP contribution in [0.5, 0.6) is 0 Å². The molecule has 7 nitrogen and oxygen atoms in total. The second-order valence-electron chi connectivity index (χ2n) is 5.92. The third-order valence-electron chi connectivity index (χ3n) is 4.77. The molecule has 0 unspecified atom stereocenters. The molecule has 3 heterocycles. The summed E-state index contributed by atoms with van der Waals surface area (Å²) >= 11 is 0. The Hall–Kier alpha value is -2.51. The molecule has 0 aromatic heterocycles. The van der Waals surface area contributed by atoms with Crippen molar-refractivity contribution in [1.29, 1.82) is 0 Å². The van der Waals surface area contributed by atoms with Gasteiger partial charge in [-0.1, -0.05) is 12.2 Å². The molecule has 2 N–H and O–H groups in total. The predicted molar refractivity (Wildman–Crippen MR) is 76.7 cm³/mol. The number of nitrogens with zero attached hydrogens (tertiary/aromatic N) is 1. The van der Waals surface area contributed by atoms with E-state index in [1.807, 2.05) is 0 Å². The van der Waals surface area contributed by atoms with E-state index in [0.29, 0.717) is 5.69 Å². The maximum atomic E-state index is 12.7. The highest BCUT2D eigenvalue weighted by atomic mass is 16.5. The van der Waals surface area contributed by atoms with Crippen molar-refractivity contribution in [3.63, 3.8) is 0 Å². The summed E-state index contributed by atoms with van der Waals surface area (Å²) in [5.41, 5.74) is -0.727. The zero-order valence-electron chi connectivity index (χ0n) is 11.9. The van der Waals surface area contributed by atoms with Gasteiger partial charge in [0.05, 0.1) is 35.8 Å². The van der Waals surface area contributed by atoms with Gasteiger partial charge in [0, 0.05) is 0 Å². The van der Waals surface area contributed by atoms with Crippen LogP contribution in [0.2, 0.25) is 0 Å². The third-order valence-corrected chi connectivity index (χ3v) is 4.77. The van der Waals surface area contributed by atoms with Crippen LogP contribution in [0.15, 0.2) is 36.4 Å². The summed E-state index contributed by atoms with van der Waals surface area (Å²) in [5.74, 6) is -3.27. The first kappa shape index (κ1) is 14.1. The molecule has 2 fully saturated rings. The minimum Gasteiger partial charge on any atom is -0.478 e. The number of carboxylic acid groups (broad SMARTS) is 1. The quantitative estimate of drug-likeness (QED) is 0.609. The van der Waals surface area contributed by atoms with Crippen molar-refractivity contribution in [3.8, 4) is 0 Å². The van der Waals surface area contributed by atoms with E-state index in [0.717, 1.165) is 4.90 Å². The van der Waals surface area contributed by atoms with Crippen LogP contribution in [0.4, 0.5) is 5.69 Å². The van der Waals surface area contributed by atoms with E-state index in [-0.39, 0.29) is 18.1 Å². The number of carbonyl (C=O) groups excluding carboxylic acids is 2. The molecule has 3 aliphatic rings. The number of aromatic carboxylic acids is 1. The lowest BCUT2D eigenvalue weighted by Gasteiger charge is -2.26. The van der Waals surface area contributed by atoms with Gasteiger partial charge in [-0.3, -0.25) is 9.59 Å². The van der Waals surface area contributed by atoms with Gasteiger partial charge < -0.3 is 14.9 Å². The number of carbonyl (C=O) groups is 3. The zero-order valence-corrected chi connectivity index (χ0v) is 11.9. The number of ether oxygens (including phenoxy) is 1. The molecule has 2 bridgehead atoms. The summed E-state index contributed by atoms with van der Waals surface area (Å²) in [4.78, 5) is 37.4. The highest BCUT2D eigenvalue weighted by Gasteiger charge is 2.67. The number of imide groups is 1. The van der Waals surface area contributed by atoms with E-state index in [9.17, 15) is 19.5 Å². The minimum absolute atomic E-state index is 0.0740. The lowest BCUT2D eigenvalue weighted by molar-refractivity contribution is -0.128. The summed E-state index contributed by atoms with van der Waals surface area (Å²) < 4.78 is 5.64. The molecule has 7 heteroatoms. The van der Waals surface area contributed by atoms with Crippen LogP contribution in [0.3, 0.4) is 0 Å². The molecule has 1 aromatic carbocycles. The lowest BCUT2D eigenvalue weighted by atomic mass is 9.77. The van der Waals surface area contributed by atoms with Gasteiger partial charge >= 0.3 is 5.97 Å². The second kappa shape index (κ2) is 4.50. The number of fused-ring (bicyclic) bond motifs is 5. The average Bonchev–Trinajstić information content (AvgIpc) is 3.19. The second-order valence-corrected chi connectivity index (χ2v) is 5.92. The van der Waals surface area contributed by atoms with Crippen molar-refractivity contribution >= 4 is 23.5 Å². The highest BCUT2D eigenvalue weighted by molar-refractivity contribution is 6.23. The van der Waals surface area contributed by atoms with E-state index in [1.54, 1.807) is 12.2 Å². The van der Waals surface area contributed by atoms with Gasteiger partial charge in [0.25, 0.3) is 0 Å². The SMILES string of the molecule is O=C(O)c1ccc(N2C(=O)[C@@H]3[C@H]4C=C[C@@](CO)(O4)[C@H]3C2=O)cc1. The van der Waals surface area contributed by atoms with E-state index < -0.39 is 35.4 Å². The van der Waals surface area contributed by atoms with Gasteiger partial charge in [-0.2, -0.15) is 0 Å². The van der Waals surface area contributed by atoms with E-state index in [2.05, 4.69) is 0 Å². The van der Waals surface area contributed by atoms with Crippen LogP contribution >= 0.6 is 0 Å². The fraction of sp³-hybridized carbons (Fsp3) is 0.312. The Morgan fingerprint density at radius 3 is 2.52 bits per heavy atom. The summed E-state index contributed by atoms with van der Waals surface area (Å²) in [7, 11) is 0. The van der Waals surface area contributed by atoms with Gasteiger partial charge in [-0.05, 0) is 24.3 Å². The Balaban J connectivity index is 1.72. The van der Waals surface area contributed by atoms with Crippen LogP contribution in [-0.2, 0) is 14.3 Å². The van der Waals surface area contributed by atoms with Gasteiger partial charge in [0.15, 0.2) is 0 Å². The molecule has 0 radical (unpaired) electrons. The smallest absolute Gasteiger partial charge is 0.335 e. The van der Waals surface area contributed by atoms with Crippen LogP contribution in [0.1, 0.15) is 10.4 Å². The van der Waals surface area contributed by atoms with Crippen molar-refractivity contribution < 1.29 is 29.3 Å². The number of benzene rings is 1. The number of carboxylic acids is 1. The Bertz CT molecular complexity index is 754. The number of hydrogen-bond donors (Lipinski definition) is 2. The number of aliphatic hydroxyl groups excluding tert-OH is 1. The van der Waals surface area contributed by atoms with Crippen LogP contribution in [-0.4, -0.2) is 46.3 Å². The summed E-state index contributed by atoms with van der Waals surface area (Å²) in [6, 6.07) is 5.55. The maximum absolute atomic E-state index is 12.7. The molecule has 4 atom stereocenters. The number of aliphatic hydroxyl groups is 1. The summed E-state index contributed by atoms with van der Waals surface area (Å²) in [6.07, 6.45) is 2.85. The van der Waals surface area contributed by atoms with Gasteiger partial charge in [0.2, 0.25) is 11.8 Å². The van der Waals surface area contributed by atoms with Crippen molar-refractivity contribution in [2.24, 2.45) is 11.8 Å². The topological polar surface area (TPSA) is 104 Å². The number of hydrogen-bond acceptors (Lipinski definition) is 5. The fourth-order valence-corrected chi connectivity index (χ4v) is 3.69. The molecule has 23 heavy (non-hydrogen) atoms. The molecule has 4 rings (SSSR count). The standard InChI is InChI=1S/C16H13NO6/c18-7-16-6-5-10(23-16)11-12(16)14(20)17(13(11)19)9-3-1-8(2-4-9)15(21)22/h1-6,10-12,18H,7H2,(H,21,22)/t10-,11-,12-,16+/m1/s1. The molecule has 118 valence electrons. The number of rotatable bonds is 3. The number of anilines is 1. The van der Waals surface area contributed by atoms with Gasteiger partial charge in [-0.15, -0.1) is 0 Å². The monoisotopic (exact) mass is 315 g/mol. The Morgan fingerprint density at radius 2 is 1.91 bits per heavy atom. The lowest BCUT2D eigenvalue weighted by Crippen LogP contribution is -2.43. The van der Waals surface area contributed by atoms with Crippen LogP contribution < -0.4 is 4.90 Å². The molecule has 2 saturated heterocycles. The van der Waals surface area contributed by atoms with Crippen molar-refractivity contribution in [2.45, 2.75) is 11.7 Å². The normalized spacial score (nSPS) is 34.3. The van der Waals surface area contributed by atoms with Crippen LogP contribution in [0.25, 0.3) is 0 Å². The fourth-order valence-electron chi connectivity index (χ4n) is 3.69. The van der Waals surface area contributed by atoms with E-state index >= 15 is 0 Å². The van der Waals surface area contributed by atoms with E-state index in [1.165, 1.54) is 24.3 Å². The predicted octanol–water partition coefficient (Wildman–Crippen LogP) is 0.190. The van der Waals surface area contributed by atoms with Crippen LogP contribution in [0, 0.1) is 11.8 Å². The molecular weight excluding hydrogens is 302 g/mol. The first-order valence-corrected chi connectivity index (χ1v) is 7.18. The first-order valence-electron chi connectivity index (χ1n) is 7.18. The number of amides is 2. The maximum Gasteiger partial charge on any atom is 0.335 e. The molecule has 2 amide bonds. The van der Waals surface area contributed by atoms with Gasteiger partial charge in [-0.25, -0.2) is 9.69 Å². The third kappa shape index (κ3) is 1.68. The Kier molecular flexibility index (Phi) is 2.76. The Morgan fingerprint density at radius 1 is 1.22 bits per heavy atom. The molecular formula is C16H13NO6. The molecule has 1 aromatic rings. The minimum atomic E-state index is -1.13. The molecule has 3 aliphatic heterocycles. The highest BCUT2D eigenvalue weighted by Crippen LogP contribution is 2.52. The summed E-state index contributed by atoms with van der Waals surface area (Å²) in [6.45, 7) is -0.369. The molecule has 0 spiro atoms. The van der Waals surface area contributed by atoms with Crippen molar-refractivity contribution in [3.05, 3.63) is 42.0 Å². The zero-order chi connectivity index (χ0) is 16.4. The van der Waals surface area contributed by atoms with Crippen molar-refractivity contribution in [2.75, 3.05) is 11.5 Å². The summed E-state index contributed by atoms with van der Waals surface area (Å²) in [5, 5.41) is 18.5. The molecule has 0 saturated carbocycles. The van der Waals surface area contributed by atoms with Crippen molar-refractivity contribution in [1.82, 2.24) is 0 Å². The van der Waals surface area contributed by atoms with E-state index in [4.69, 9.17) is 9.84 Å². The first-order chi connectivity index (χ1) is 11.0.